The summed E-state index contributed by atoms with van der Waals surface area (Å²) in [4.78, 5) is 0. The van der Waals surface area contributed by atoms with Crippen molar-refractivity contribution in [3.8, 4) is 22.3 Å². The summed E-state index contributed by atoms with van der Waals surface area (Å²) in [5, 5.41) is 0. The molecule has 0 bridgehead atoms. The number of rotatable bonds is 3. The van der Waals surface area contributed by atoms with E-state index in [1.165, 1.54) is 0 Å². The lowest BCUT2D eigenvalue weighted by atomic mass is 9.92. The Labute approximate surface area is 118 Å². The van der Waals surface area contributed by atoms with Crippen LogP contribution in [0, 0.1) is 0 Å². The zero-order valence-electron chi connectivity index (χ0n) is 11.1. The molecule has 98 valence electrons. The Morgan fingerprint density at radius 1 is 0.550 bits per heavy atom. The number of alkyl halides is 1. The highest BCUT2D eigenvalue weighted by atomic mass is 19.1. The molecule has 1 heteroatoms. The van der Waals surface area contributed by atoms with Gasteiger partial charge in [-0.15, -0.1) is 0 Å². The van der Waals surface area contributed by atoms with E-state index in [1.54, 1.807) is 0 Å². The van der Waals surface area contributed by atoms with Gasteiger partial charge < -0.3 is 0 Å². The maximum absolute atomic E-state index is 13.2. The van der Waals surface area contributed by atoms with Crippen LogP contribution in [0.3, 0.4) is 0 Å². The van der Waals surface area contributed by atoms with E-state index in [2.05, 4.69) is 24.3 Å². The monoisotopic (exact) mass is 262 g/mol. The molecule has 0 N–H and O–H groups in total. The SMILES string of the molecule is FCc1ccccc1-c1ccccc1-c1ccccc1. The highest BCUT2D eigenvalue weighted by molar-refractivity contribution is 5.84. The van der Waals surface area contributed by atoms with Gasteiger partial charge in [0.05, 0.1) is 0 Å². The zero-order chi connectivity index (χ0) is 13.8. The summed E-state index contributed by atoms with van der Waals surface area (Å²) in [6.07, 6.45) is 0. The van der Waals surface area contributed by atoms with Crippen molar-refractivity contribution < 1.29 is 4.39 Å². The Balaban J connectivity index is 2.20. The molecule has 0 saturated carbocycles. The molecular formula is C19H15F. The van der Waals surface area contributed by atoms with Crippen molar-refractivity contribution >= 4 is 0 Å². The molecule has 0 atom stereocenters. The molecule has 0 saturated heterocycles. The number of halogens is 1. The van der Waals surface area contributed by atoms with E-state index in [-0.39, 0.29) is 0 Å². The third-order valence-corrected chi connectivity index (χ3v) is 3.46. The van der Waals surface area contributed by atoms with Crippen LogP contribution in [0.1, 0.15) is 5.56 Å². The zero-order valence-corrected chi connectivity index (χ0v) is 11.1. The summed E-state index contributed by atoms with van der Waals surface area (Å²) >= 11 is 0. The molecule has 0 aliphatic carbocycles. The molecule has 20 heavy (non-hydrogen) atoms. The molecule has 0 heterocycles. The lowest BCUT2D eigenvalue weighted by molar-refractivity contribution is 0.486. The number of benzene rings is 3. The van der Waals surface area contributed by atoms with E-state index in [1.807, 2.05) is 54.6 Å². The first-order valence-corrected chi connectivity index (χ1v) is 6.69. The molecule has 3 aromatic rings. The second-order valence-electron chi connectivity index (χ2n) is 4.70. The van der Waals surface area contributed by atoms with Gasteiger partial charge in [-0.05, 0) is 27.8 Å². The Morgan fingerprint density at radius 2 is 1.10 bits per heavy atom. The second-order valence-corrected chi connectivity index (χ2v) is 4.70. The topological polar surface area (TPSA) is 0 Å². The molecule has 0 fully saturated rings. The normalized spacial score (nSPS) is 10.4. The summed E-state index contributed by atoms with van der Waals surface area (Å²) in [5.74, 6) is 0. The molecule has 0 amide bonds. The van der Waals surface area contributed by atoms with Crippen LogP contribution in [-0.4, -0.2) is 0 Å². The standard InChI is InChI=1S/C19H15F/c20-14-16-10-4-5-12-18(16)19-13-7-6-11-17(19)15-8-2-1-3-9-15/h1-13H,14H2. The van der Waals surface area contributed by atoms with Gasteiger partial charge in [0.1, 0.15) is 6.67 Å². The fraction of sp³-hybridized carbons (Fsp3) is 0.0526. The molecular weight excluding hydrogens is 247 g/mol. The highest BCUT2D eigenvalue weighted by Gasteiger charge is 2.09. The minimum Gasteiger partial charge on any atom is -0.246 e. The molecule has 0 spiro atoms. The lowest BCUT2D eigenvalue weighted by Crippen LogP contribution is -1.89. The van der Waals surface area contributed by atoms with E-state index in [0.717, 1.165) is 27.8 Å². The third kappa shape index (κ3) is 2.35. The van der Waals surface area contributed by atoms with Crippen LogP contribution in [0.25, 0.3) is 22.3 Å². The summed E-state index contributed by atoms with van der Waals surface area (Å²) < 4.78 is 13.2. The van der Waals surface area contributed by atoms with Gasteiger partial charge in [-0.1, -0.05) is 78.9 Å². The second kappa shape index (κ2) is 5.70. The molecule has 3 rings (SSSR count). The van der Waals surface area contributed by atoms with Crippen LogP contribution in [-0.2, 0) is 6.67 Å². The van der Waals surface area contributed by atoms with Crippen molar-refractivity contribution in [1.29, 1.82) is 0 Å². The molecule has 3 aromatic carbocycles. The molecule has 0 aliphatic rings. The van der Waals surface area contributed by atoms with Crippen LogP contribution in [0.15, 0.2) is 78.9 Å². The van der Waals surface area contributed by atoms with Crippen molar-refractivity contribution in [2.75, 3.05) is 0 Å². The fourth-order valence-electron chi connectivity index (χ4n) is 2.49. The van der Waals surface area contributed by atoms with Crippen molar-refractivity contribution in [1.82, 2.24) is 0 Å². The van der Waals surface area contributed by atoms with Gasteiger partial charge in [-0.2, -0.15) is 0 Å². The Bertz CT molecular complexity index is 702. The van der Waals surface area contributed by atoms with Crippen LogP contribution >= 0.6 is 0 Å². The van der Waals surface area contributed by atoms with Crippen molar-refractivity contribution in [2.45, 2.75) is 6.67 Å². The molecule has 0 unspecified atom stereocenters. The number of hydrogen-bond donors (Lipinski definition) is 0. The highest BCUT2D eigenvalue weighted by Crippen LogP contribution is 2.33. The summed E-state index contributed by atoms with van der Waals surface area (Å²) in [6, 6.07) is 26.0. The Kier molecular flexibility index (Phi) is 3.60. The van der Waals surface area contributed by atoms with Gasteiger partial charge in [0.2, 0.25) is 0 Å². The van der Waals surface area contributed by atoms with E-state index in [9.17, 15) is 4.39 Å². The molecule has 0 radical (unpaired) electrons. The third-order valence-electron chi connectivity index (χ3n) is 3.46. The van der Waals surface area contributed by atoms with E-state index < -0.39 is 6.67 Å². The summed E-state index contributed by atoms with van der Waals surface area (Å²) in [5.41, 5.74) is 5.06. The summed E-state index contributed by atoms with van der Waals surface area (Å²) in [7, 11) is 0. The maximum atomic E-state index is 13.2. The van der Waals surface area contributed by atoms with Crippen LogP contribution in [0.4, 0.5) is 4.39 Å². The molecule has 0 aromatic heterocycles. The van der Waals surface area contributed by atoms with Crippen LogP contribution in [0.2, 0.25) is 0 Å². The Morgan fingerprint density at radius 3 is 1.80 bits per heavy atom. The first-order valence-electron chi connectivity index (χ1n) is 6.69. The smallest absolute Gasteiger partial charge is 0.115 e. The lowest BCUT2D eigenvalue weighted by Gasteiger charge is -2.12. The first-order chi connectivity index (χ1) is 9.90. The molecule has 0 nitrogen and oxygen atoms in total. The predicted octanol–water partition coefficient (Wildman–Crippen LogP) is 5.49. The van der Waals surface area contributed by atoms with Crippen molar-refractivity contribution in [3.05, 3.63) is 84.4 Å². The quantitative estimate of drug-likeness (QED) is 0.585. The van der Waals surface area contributed by atoms with Gasteiger partial charge in [-0.3, -0.25) is 0 Å². The van der Waals surface area contributed by atoms with Crippen molar-refractivity contribution in [2.24, 2.45) is 0 Å². The fourth-order valence-corrected chi connectivity index (χ4v) is 2.49. The maximum Gasteiger partial charge on any atom is 0.115 e. The summed E-state index contributed by atoms with van der Waals surface area (Å²) in [6.45, 7) is -0.445. The minimum atomic E-state index is -0.445. The van der Waals surface area contributed by atoms with Crippen molar-refractivity contribution in [3.63, 3.8) is 0 Å². The van der Waals surface area contributed by atoms with E-state index in [0.29, 0.717) is 0 Å². The minimum absolute atomic E-state index is 0.445. The van der Waals surface area contributed by atoms with E-state index in [4.69, 9.17) is 0 Å². The van der Waals surface area contributed by atoms with Gasteiger partial charge in [0.15, 0.2) is 0 Å². The van der Waals surface area contributed by atoms with Gasteiger partial charge in [0, 0.05) is 0 Å². The van der Waals surface area contributed by atoms with Gasteiger partial charge in [-0.25, -0.2) is 4.39 Å². The average molecular weight is 262 g/mol. The van der Waals surface area contributed by atoms with Gasteiger partial charge in [0.25, 0.3) is 0 Å². The van der Waals surface area contributed by atoms with Gasteiger partial charge >= 0.3 is 0 Å². The van der Waals surface area contributed by atoms with E-state index >= 15 is 0 Å². The largest absolute Gasteiger partial charge is 0.246 e. The van der Waals surface area contributed by atoms with Crippen LogP contribution < -0.4 is 0 Å². The first kappa shape index (κ1) is 12.6. The Hall–Kier alpha value is -2.41. The molecule has 0 aliphatic heterocycles. The number of hydrogen-bond acceptors (Lipinski definition) is 0. The average Bonchev–Trinajstić information content (AvgIpc) is 2.55. The predicted molar refractivity (Wildman–Crippen MR) is 82.1 cm³/mol. The van der Waals surface area contributed by atoms with Crippen LogP contribution in [0.5, 0.6) is 0 Å².